The molecule has 0 saturated carbocycles. The lowest BCUT2D eigenvalue weighted by atomic mass is 10.0. The smallest absolute Gasteiger partial charge is 0.335 e. The van der Waals surface area contributed by atoms with Crippen LogP contribution in [-0.2, 0) is 16.0 Å². The summed E-state index contributed by atoms with van der Waals surface area (Å²) in [6.07, 6.45) is 2.91. The van der Waals surface area contributed by atoms with Gasteiger partial charge in [-0.25, -0.2) is 9.69 Å². The number of imide groups is 2. The normalized spacial score (nSPS) is 15.2. The minimum Gasteiger partial charge on any atom is -0.490 e. The maximum absolute atomic E-state index is 13.2. The van der Waals surface area contributed by atoms with Gasteiger partial charge >= 0.3 is 6.03 Å². The van der Waals surface area contributed by atoms with Crippen molar-refractivity contribution in [3.05, 3.63) is 57.6 Å². The summed E-state index contributed by atoms with van der Waals surface area (Å²) in [7, 11) is 0. The molecule has 0 radical (unpaired) electrons. The number of benzene rings is 2. The molecule has 1 fully saturated rings. The first kappa shape index (κ1) is 23.5. The molecule has 1 saturated heterocycles. The van der Waals surface area contributed by atoms with Gasteiger partial charge < -0.3 is 9.47 Å². The van der Waals surface area contributed by atoms with E-state index in [4.69, 9.17) is 9.47 Å². The Morgan fingerprint density at radius 2 is 1.81 bits per heavy atom. The van der Waals surface area contributed by atoms with Crippen LogP contribution < -0.4 is 19.7 Å². The summed E-state index contributed by atoms with van der Waals surface area (Å²) in [5.41, 5.74) is 1.69. The van der Waals surface area contributed by atoms with Crippen LogP contribution in [0.3, 0.4) is 0 Å². The van der Waals surface area contributed by atoms with Gasteiger partial charge in [0.25, 0.3) is 11.8 Å². The number of urea groups is 1. The predicted molar refractivity (Wildman–Crippen MR) is 126 cm³/mol. The van der Waals surface area contributed by atoms with Crippen LogP contribution in [0.2, 0.25) is 0 Å². The highest BCUT2D eigenvalue weighted by Gasteiger charge is 2.37. The lowest BCUT2D eigenvalue weighted by molar-refractivity contribution is -0.122. The number of ether oxygens (including phenoxy) is 2. The van der Waals surface area contributed by atoms with E-state index in [2.05, 4.69) is 21.2 Å². The van der Waals surface area contributed by atoms with Gasteiger partial charge in [0.15, 0.2) is 11.5 Å². The van der Waals surface area contributed by atoms with Crippen molar-refractivity contribution in [2.45, 2.75) is 33.6 Å². The molecule has 0 unspecified atom stereocenters. The summed E-state index contributed by atoms with van der Waals surface area (Å²) in [4.78, 5) is 39.3. The molecule has 2 aromatic rings. The van der Waals surface area contributed by atoms with Gasteiger partial charge in [-0.15, -0.1) is 0 Å². The number of amides is 4. The minimum atomic E-state index is -0.766. The number of aryl methyl sites for hydroxylation is 1. The Hall–Kier alpha value is -3.13. The first-order chi connectivity index (χ1) is 15.4. The third kappa shape index (κ3) is 4.85. The average Bonchev–Trinajstić information content (AvgIpc) is 2.76. The van der Waals surface area contributed by atoms with Crippen molar-refractivity contribution in [1.29, 1.82) is 0 Å². The first-order valence-corrected chi connectivity index (χ1v) is 11.3. The van der Waals surface area contributed by atoms with Crippen molar-refractivity contribution in [1.82, 2.24) is 5.32 Å². The predicted octanol–water partition coefficient (Wildman–Crippen LogP) is 4.87. The summed E-state index contributed by atoms with van der Waals surface area (Å²) in [6.45, 7) is 6.74. The van der Waals surface area contributed by atoms with E-state index in [-0.39, 0.29) is 5.57 Å². The van der Waals surface area contributed by atoms with E-state index in [1.807, 2.05) is 32.9 Å². The van der Waals surface area contributed by atoms with Crippen molar-refractivity contribution < 1.29 is 23.9 Å². The fourth-order valence-corrected chi connectivity index (χ4v) is 3.92. The Labute approximate surface area is 195 Å². The summed E-state index contributed by atoms with van der Waals surface area (Å²) >= 11 is 3.49. The van der Waals surface area contributed by atoms with Crippen molar-refractivity contribution in [2.75, 3.05) is 18.1 Å². The monoisotopic (exact) mass is 500 g/mol. The van der Waals surface area contributed by atoms with Crippen molar-refractivity contribution in [3.8, 4) is 11.5 Å². The lowest BCUT2D eigenvalue weighted by Crippen LogP contribution is -2.54. The molecule has 0 aliphatic carbocycles. The highest BCUT2D eigenvalue weighted by molar-refractivity contribution is 9.10. The molecule has 1 aliphatic rings. The molecule has 1 aliphatic heterocycles. The lowest BCUT2D eigenvalue weighted by Gasteiger charge is -2.28. The molecule has 32 heavy (non-hydrogen) atoms. The zero-order valence-corrected chi connectivity index (χ0v) is 19.8. The van der Waals surface area contributed by atoms with Gasteiger partial charge in [-0.05, 0) is 71.1 Å². The molecule has 1 heterocycles. The molecule has 7 nitrogen and oxygen atoms in total. The second kappa shape index (κ2) is 10.5. The van der Waals surface area contributed by atoms with Crippen LogP contribution in [0.25, 0.3) is 6.08 Å². The number of barbiturate groups is 1. The van der Waals surface area contributed by atoms with Crippen LogP contribution >= 0.6 is 15.9 Å². The van der Waals surface area contributed by atoms with E-state index < -0.39 is 17.8 Å². The van der Waals surface area contributed by atoms with Gasteiger partial charge in [0.2, 0.25) is 0 Å². The average molecular weight is 501 g/mol. The number of para-hydroxylation sites is 1. The summed E-state index contributed by atoms with van der Waals surface area (Å²) < 4.78 is 12.1. The van der Waals surface area contributed by atoms with Gasteiger partial charge in [0.1, 0.15) is 5.57 Å². The molecular formula is C24H25BrN2O5. The second-order valence-corrected chi connectivity index (χ2v) is 7.91. The number of hydrogen-bond donors (Lipinski definition) is 1. The third-order valence-electron chi connectivity index (χ3n) is 4.81. The first-order valence-electron chi connectivity index (χ1n) is 10.5. The maximum Gasteiger partial charge on any atom is 0.335 e. The molecule has 4 amide bonds. The molecule has 0 aromatic heterocycles. The zero-order chi connectivity index (χ0) is 23.3. The summed E-state index contributed by atoms with van der Waals surface area (Å²) in [6, 6.07) is 9.79. The number of nitrogens with zero attached hydrogens (tertiary/aromatic N) is 1. The number of rotatable bonds is 8. The van der Waals surface area contributed by atoms with Gasteiger partial charge in [-0.2, -0.15) is 0 Å². The summed E-state index contributed by atoms with van der Waals surface area (Å²) in [5.74, 6) is -0.371. The molecule has 0 spiro atoms. The topological polar surface area (TPSA) is 84.9 Å². The molecule has 1 N–H and O–H groups in total. The van der Waals surface area contributed by atoms with E-state index >= 15 is 0 Å². The maximum atomic E-state index is 13.2. The Kier molecular flexibility index (Phi) is 7.69. The largest absolute Gasteiger partial charge is 0.490 e. The number of carbonyl (C=O) groups excluding carboxylic acids is 3. The fraction of sp³-hybridized carbons (Fsp3) is 0.292. The van der Waals surface area contributed by atoms with Gasteiger partial charge in [0, 0.05) is 0 Å². The Bertz CT molecular complexity index is 1080. The van der Waals surface area contributed by atoms with E-state index in [0.717, 1.165) is 16.9 Å². The number of nitrogens with one attached hydrogen (secondary N) is 1. The highest BCUT2D eigenvalue weighted by atomic mass is 79.9. The van der Waals surface area contributed by atoms with E-state index in [1.54, 1.807) is 24.3 Å². The van der Waals surface area contributed by atoms with Gasteiger partial charge in [-0.3, -0.25) is 14.9 Å². The van der Waals surface area contributed by atoms with Gasteiger partial charge in [0.05, 0.1) is 23.4 Å². The van der Waals surface area contributed by atoms with Crippen molar-refractivity contribution in [2.24, 2.45) is 0 Å². The molecular weight excluding hydrogens is 476 g/mol. The highest BCUT2D eigenvalue weighted by Crippen LogP contribution is 2.38. The number of hydrogen-bond acceptors (Lipinski definition) is 5. The SMILES string of the molecule is CCCOc1c(Br)cc(/C=C2/C(=O)NC(=O)N(c3ccccc3CC)C2=O)cc1OCC. The Morgan fingerprint density at radius 1 is 1.06 bits per heavy atom. The van der Waals surface area contributed by atoms with Crippen molar-refractivity contribution in [3.63, 3.8) is 0 Å². The van der Waals surface area contributed by atoms with Crippen LogP contribution in [0.4, 0.5) is 10.5 Å². The molecule has 2 aromatic carbocycles. The fourth-order valence-electron chi connectivity index (χ4n) is 3.35. The molecule has 168 valence electrons. The third-order valence-corrected chi connectivity index (χ3v) is 5.40. The van der Waals surface area contributed by atoms with E-state index in [9.17, 15) is 14.4 Å². The number of anilines is 1. The standard InChI is InChI=1S/C24H25BrN2O5/c1-4-11-32-21-18(25)13-15(14-20(21)31-6-3)12-17-22(28)26-24(30)27(23(17)29)19-10-8-7-9-16(19)5-2/h7-10,12-14H,4-6,11H2,1-3H3,(H,26,28,30)/b17-12-. The molecule has 3 rings (SSSR count). The molecule has 8 heteroatoms. The van der Waals surface area contributed by atoms with E-state index in [0.29, 0.717) is 46.9 Å². The van der Waals surface area contributed by atoms with Crippen LogP contribution in [0.15, 0.2) is 46.4 Å². The Balaban J connectivity index is 2.04. The zero-order valence-electron chi connectivity index (χ0n) is 18.2. The second-order valence-electron chi connectivity index (χ2n) is 7.05. The van der Waals surface area contributed by atoms with Crippen LogP contribution in [0.1, 0.15) is 38.3 Å². The molecule has 0 atom stereocenters. The van der Waals surface area contributed by atoms with Crippen LogP contribution in [-0.4, -0.2) is 31.1 Å². The Morgan fingerprint density at radius 3 is 2.50 bits per heavy atom. The molecule has 0 bridgehead atoms. The van der Waals surface area contributed by atoms with E-state index in [1.165, 1.54) is 6.08 Å². The quantitative estimate of drug-likeness (QED) is 0.413. The number of halogens is 1. The van der Waals surface area contributed by atoms with Gasteiger partial charge in [-0.1, -0.05) is 32.0 Å². The summed E-state index contributed by atoms with van der Waals surface area (Å²) in [5, 5.41) is 2.26. The van der Waals surface area contributed by atoms with Crippen molar-refractivity contribution >= 4 is 45.5 Å². The number of carbonyl (C=O) groups is 3. The van der Waals surface area contributed by atoms with Crippen LogP contribution in [0.5, 0.6) is 11.5 Å². The van der Waals surface area contributed by atoms with Crippen LogP contribution in [0, 0.1) is 0 Å². The minimum absolute atomic E-state index is 0.146.